The summed E-state index contributed by atoms with van der Waals surface area (Å²) >= 11 is 0. The Morgan fingerprint density at radius 3 is 2.65 bits per heavy atom. The van der Waals surface area contributed by atoms with Crippen LogP contribution in [0.15, 0.2) is 73.4 Å². The number of nitrogen functional groups attached to an aromatic ring is 1. The number of hydrogen-bond acceptors (Lipinski definition) is 8. The van der Waals surface area contributed by atoms with Gasteiger partial charge in [0.05, 0.1) is 19.5 Å². The Bertz CT molecular complexity index is 1520. The van der Waals surface area contributed by atoms with Crippen molar-refractivity contribution in [1.29, 1.82) is 0 Å². The maximum atomic E-state index is 10.6. The van der Waals surface area contributed by atoms with E-state index in [-0.39, 0.29) is 12.4 Å². The van der Waals surface area contributed by atoms with E-state index in [0.717, 1.165) is 6.54 Å². The van der Waals surface area contributed by atoms with Gasteiger partial charge in [0.15, 0.2) is 17.7 Å². The van der Waals surface area contributed by atoms with Crippen LogP contribution in [-0.4, -0.2) is 65.8 Å². The molecule has 1 aliphatic rings. The van der Waals surface area contributed by atoms with E-state index in [1.807, 2.05) is 12.1 Å². The number of para-hydroxylation sites is 1. The molecule has 5 aromatic rings. The first kappa shape index (κ1) is 23.6. The highest BCUT2D eigenvalue weighted by Gasteiger charge is 2.44. The monoisotopic (exact) mass is 500 g/mol. The van der Waals surface area contributed by atoms with Crippen LogP contribution < -0.4 is 5.73 Å². The van der Waals surface area contributed by atoms with Gasteiger partial charge in [0, 0.05) is 23.6 Å². The molecular formula is C27H28N6O4. The van der Waals surface area contributed by atoms with E-state index in [1.165, 1.54) is 34.7 Å². The number of rotatable bonds is 8. The van der Waals surface area contributed by atoms with Crippen molar-refractivity contribution in [3.8, 4) is 0 Å². The number of hydrogen-bond donors (Lipinski definition) is 3. The van der Waals surface area contributed by atoms with E-state index in [0.29, 0.717) is 24.2 Å². The normalized spacial score (nSPS) is 21.8. The minimum Gasteiger partial charge on any atom is -0.387 e. The molecule has 4 N–H and O–H groups in total. The van der Waals surface area contributed by atoms with Gasteiger partial charge in [-0.25, -0.2) is 15.0 Å². The Labute approximate surface area is 212 Å². The SMILES string of the molecule is Nc1ncnc2c1ncn2[C@@H]1O[C@H](COCCc2cn(Cc3ccccc3)c3ccccc23)[C@@H](O)[C@H]1O. The average Bonchev–Trinajstić information content (AvgIpc) is 3.58. The van der Waals surface area contributed by atoms with Gasteiger partial charge in [-0.1, -0.05) is 48.5 Å². The number of fused-ring (bicyclic) bond motifs is 2. The second-order valence-electron chi connectivity index (χ2n) is 9.24. The van der Waals surface area contributed by atoms with E-state index in [9.17, 15) is 10.2 Å². The van der Waals surface area contributed by atoms with Gasteiger partial charge in [-0.3, -0.25) is 4.57 Å². The van der Waals surface area contributed by atoms with Crippen LogP contribution in [-0.2, 0) is 22.4 Å². The zero-order chi connectivity index (χ0) is 25.4. The molecule has 4 heterocycles. The molecule has 37 heavy (non-hydrogen) atoms. The Hall–Kier alpha value is -3.83. The molecule has 0 aliphatic carbocycles. The minimum atomic E-state index is -1.17. The fourth-order valence-electron chi connectivity index (χ4n) is 4.97. The predicted octanol–water partition coefficient (Wildman–Crippen LogP) is 2.29. The lowest BCUT2D eigenvalue weighted by molar-refractivity contribution is -0.0650. The van der Waals surface area contributed by atoms with Gasteiger partial charge in [0.25, 0.3) is 0 Å². The molecule has 1 aliphatic heterocycles. The summed E-state index contributed by atoms with van der Waals surface area (Å²) in [6.45, 7) is 1.38. The first-order chi connectivity index (χ1) is 18.1. The number of anilines is 1. The van der Waals surface area contributed by atoms with Gasteiger partial charge < -0.3 is 30.0 Å². The number of ether oxygens (including phenoxy) is 2. The lowest BCUT2D eigenvalue weighted by Gasteiger charge is -2.16. The molecule has 0 unspecified atom stereocenters. The summed E-state index contributed by atoms with van der Waals surface area (Å²) < 4.78 is 15.7. The van der Waals surface area contributed by atoms with Crippen LogP contribution in [0.1, 0.15) is 17.4 Å². The zero-order valence-corrected chi connectivity index (χ0v) is 20.1. The van der Waals surface area contributed by atoms with Crippen molar-refractivity contribution in [2.24, 2.45) is 0 Å². The standard InChI is InChI=1S/C27H28N6O4/c28-25-22-26(30-15-29-25)33(16-31-22)27-24(35)23(34)21(37-27)14-36-11-10-18-13-32(12-17-6-2-1-3-7-17)20-9-5-4-8-19(18)20/h1-9,13,15-16,21,23-24,27,34-35H,10-12,14H2,(H2,28,29,30)/t21-,23-,24-,27-/m1/s1. The number of aliphatic hydroxyl groups is 2. The molecule has 10 nitrogen and oxygen atoms in total. The summed E-state index contributed by atoms with van der Waals surface area (Å²) in [7, 11) is 0. The van der Waals surface area contributed by atoms with Gasteiger partial charge in [0.2, 0.25) is 0 Å². The smallest absolute Gasteiger partial charge is 0.167 e. The van der Waals surface area contributed by atoms with E-state index in [4.69, 9.17) is 15.2 Å². The first-order valence-electron chi connectivity index (χ1n) is 12.2. The summed E-state index contributed by atoms with van der Waals surface area (Å²) in [5.74, 6) is 0.238. The van der Waals surface area contributed by atoms with Crippen molar-refractivity contribution in [3.05, 3.63) is 84.6 Å². The van der Waals surface area contributed by atoms with Crippen LogP contribution in [0, 0.1) is 0 Å². The van der Waals surface area contributed by atoms with Crippen molar-refractivity contribution in [3.63, 3.8) is 0 Å². The molecule has 0 saturated carbocycles. The second kappa shape index (κ2) is 9.91. The molecule has 190 valence electrons. The fraction of sp³-hybridized carbons (Fsp3) is 0.296. The molecule has 0 amide bonds. The number of nitrogens with zero attached hydrogens (tertiary/aromatic N) is 5. The maximum Gasteiger partial charge on any atom is 0.167 e. The minimum absolute atomic E-state index is 0.140. The van der Waals surface area contributed by atoms with Crippen molar-refractivity contribution in [1.82, 2.24) is 24.1 Å². The maximum absolute atomic E-state index is 10.6. The predicted molar refractivity (Wildman–Crippen MR) is 138 cm³/mol. The van der Waals surface area contributed by atoms with Crippen LogP contribution in [0.2, 0.25) is 0 Å². The fourth-order valence-corrected chi connectivity index (χ4v) is 4.97. The van der Waals surface area contributed by atoms with Gasteiger partial charge in [-0.15, -0.1) is 0 Å². The number of aromatic nitrogens is 5. The molecule has 3 aromatic heterocycles. The summed E-state index contributed by atoms with van der Waals surface area (Å²) in [4.78, 5) is 12.3. The van der Waals surface area contributed by atoms with Crippen molar-refractivity contribution < 1.29 is 19.7 Å². The van der Waals surface area contributed by atoms with E-state index in [2.05, 4.69) is 68.2 Å². The van der Waals surface area contributed by atoms with Gasteiger partial charge in [-0.2, -0.15) is 0 Å². The molecule has 0 spiro atoms. The van der Waals surface area contributed by atoms with Crippen LogP contribution in [0.25, 0.3) is 22.1 Å². The van der Waals surface area contributed by atoms with E-state index < -0.39 is 24.5 Å². The molecule has 2 aromatic carbocycles. The number of nitrogens with two attached hydrogens (primary N) is 1. The van der Waals surface area contributed by atoms with Crippen molar-refractivity contribution >= 4 is 27.9 Å². The van der Waals surface area contributed by atoms with E-state index >= 15 is 0 Å². The molecule has 6 rings (SSSR count). The molecule has 4 atom stereocenters. The highest BCUT2D eigenvalue weighted by Crippen LogP contribution is 2.32. The van der Waals surface area contributed by atoms with Crippen LogP contribution in [0.3, 0.4) is 0 Å². The largest absolute Gasteiger partial charge is 0.387 e. The summed E-state index contributed by atoms with van der Waals surface area (Å²) in [6.07, 6.45) is 1.84. The van der Waals surface area contributed by atoms with Gasteiger partial charge >= 0.3 is 0 Å². The molecular weight excluding hydrogens is 472 g/mol. The van der Waals surface area contributed by atoms with Gasteiger partial charge in [-0.05, 0) is 23.6 Å². The van der Waals surface area contributed by atoms with E-state index in [1.54, 1.807) is 4.57 Å². The molecule has 0 radical (unpaired) electrons. The first-order valence-corrected chi connectivity index (χ1v) is 12.2. The number of benzene rings is 2. The highest BCUT2D eigenvalue weighted by molar-refractivity contribution is 5.84. The van der Waals surface area contributed by atoms with Crippen LogP contribution >= 0.6 is 0 Å². The number of imidazole rings is 1. The third-order valence-electron chi connectivity index (χ3n) is 6.86. The Kier molecular flexibility index (Phi) is 6.31. The lowest BCUT2D eigenvalue weighted by Crippen LogP contribution is -2.34. The zero-order valence-electron chi connectivity index (χ0n) is 20.1. The molecule has 10 heteroatoms. The lowest BCUT2D eigenvalue weighted by atomic mass is 10.1. The summed E-state index contributed by atoms with van der Waals surface area (Å²) in [6, 6.07) is 18.7. The summed E-state index contributed by atoms with van der Waals surface area (Å²) in [5, 5.41) is 22.5. The topological polar surface area (TPSA) is 133 Å². The molecule has 1 saturated heterocycles. The van der Waals surface area contributed by atoms with Crippen LogP contribution in [0.5, 0.6) is 0 Å². The Morgan fingerprint density at radius 2 is 1.78 bits per heavy atom. The highest BCUT2D eigenvalue weighted by atomic mass is 16.6. The average molecular weight is 501 g/mol. The van der Waals surface area contributed by atoms with Crippen LogP contribution in [0.4, 0.5) is 5.82 Å². The number of aliphatic hydroxyl groups excluding tert-OH is 2. The third-order valence-corrected chi connectivity index (χ3v) is 6.86. The third kappa shape index (κ3) is 4.44. The quantitative estimate of drug-likeness (QED) is 0.276. The second-order valence-corrected chi connectivity index (χ2v) is 9.24. The van der Waals surface area contributed by atoms with Crippen molar-refractivity contribution in [2.75, 3.05) is 18.9 Å². The summed E-state index contributed by atoms with van der Waals surface area (Å²) in [5.41, 5.74) is 10.3. The Morgan fingerprint density at radius 1 is 0.973 bits per heavy atom. The molecule has 0 bridgehead atoms. The van der Waals surface area contributed by atoms with Crippen molar-refractivity contribution in [2.45, 2.75) is 37.5 Å². The molecule has 1 fully saturated rings. The Balaban J connectivity index is 1.10. The van der Waals surface area contributed by atoms with Gasteiger partial charge in [0.1, 0.15) is 30.2 Å².